The van der Waals surface area contributed by atoms with Crippen molar-refractivity contribution >= 4 is 11.6 Å². The molecule has 4 heteroatoms. The van der Waals surface area contributed by atoms with Gasteiger partial charge in [-0.1, -0.05) is 6.07 Å². The van der Waals surface area contributed by atoms with Gasteiger partial charge in [-0.25, -0.2) is 4.98 Å². The van der Waals surface area contributed by atoms with Crippen molar-refractivity contribution < 1.29 is 4.79 Å². The molecule has 1 aliphatic rings. The molecule has 0 aromatic carbocycles. The molecule has 0 spiro atoms. The zero-order valence-electron chi connectivity index (χ0n) is 10.7. The van der Waals surface area contributed by atoms with E-state index < -0.39 is 0 Å². The summed E-state index contributed by atoms with van der Waals surface area (Å²) in [6, 6.07) is 4.31. The number of hydrogen-bond acceptors (Lipinski definition) is 2. The molecule has 4 nitrogen and oxygen atoms in total. The predicted octanol–water partition coefficient (Wildman–Crippen LogP) is 2.23. The summed E-state index contributed by atoms with van der Waals surface area (Å²) in [5, 5.41) is 3.07. The molecule has 2 aromatic rings. The van der Waals surface area contributed by atoms with E-state index in [9.17, 15) is 4.79 Å². The Bertz CT molecular complexity index is 611. The van der Waals surface area contributed by atoms with Crippen LogP contribution in [0.4, 0.5) is 0 Å². The van der Waals surface area contributed by atoms with Gasteiger partial charge in [-0.05, 0) is 44.7 Å². The van der Waals surface area contributed by atoms with Crippen LogP contribution >= 0.6 is 0 Å². The summed E-state index contributed by atoms with van der Waals surface area (Å²) in [5.74, 6) is -0.00435. The van der Waals surface area contributed by atoms with E-state index in [1.54, 1.807) is 0 Å². The number of carbonyl (C=O) groups excluding carboxylic acids is 1. The van der Waals surface area contributed by atoms with Gasteiger partial charge < -0.3 is 5.32 Å². The molecular formula is C14H17N3O. The Labute approximate surface area is 106 Å². The smallest absolute Gasteiger partial charge is 0.270 e. The van der Waals surface area contributed by atoms with Gasteiger partial charge in [0.15, 0.2) is 0 Å². The largest absolute Gasteiger partial charge is 0.348 e. The van der Waals surface area contributed by atoms with Crippen molar-refractivity contribution in [2.24, 2.45) is 0 Å². The highest BCUT2D eigenvalue weighted by Crippen LogP contribution is 2.20. The Morgan fingerprint density at radius 1 is 1.39 bits per heavy atom. The van der Waals surface area contributed by atoms with Crippen molar-refractivity contribution in [3.8, 4) is 0 Å². The van der Waals surface area contributed by atoms with Gasteiger partial charge in [-0.15, -0.1) is 0 Å². The first-order chi connectivity index (χ1) is 8.65. The molecule has 0 aliphatic heterocycles. The van der Waals surface area contributed by atoms with Crippen molar-refractivity contribution in [1.29, 1.82) is 0 Å². The summed E-state index contributed by atoms with van der Waals surface area (Å²) >= 11 is 0. The molecule has 0 radical (unpaired) electrons. The summed E-state index contributed by atoms with van der Waals surface area (Å²) in [6.07, 6.45) is 5.38. The number of nitrogens with zero attached hydrogens (tertiary/aromatic N) is 2. The first kappa shape index (κ1) is 11.3. The quantitative estimate of drug-likeness (QED) is 0.879. The molecule has 2 aromatic heterocycles. The Morgan fingerprint density at radius 2 is 2.17 bits per heavy atom. The third-order valence-electron chi connectivity index (χ3n) is 3.60. The second-order valence-corrected chi connectivity index (χ2v) is 5.08. The zero-order valence-corrected chi connectivity index (χ0v) is 10.7. The van der Waals surface area contributed by atoms with Gasteiger partial charge in [0.2, 0.25) is 0 Å². The van der Waals surface area contributed by atoms with Crippen molar-refractivity contribution in [2.45, 2.75) is 39.2 Å². The second kappa shape index (κ2) is 4.12. The number of aryl methyl sites for hydroxylation is 2. The summed E-state index contributed by atoms with van der Waals surface area (Å²) in [4.78, 5) is 16.7. The summed E-state index contributed by atoms with van der Waals surface area (Å²) in [6.45, 7) is 3.90. The minimum absolute atomic E-state index is 0.00435. The van der Waals surface area contributed by atoms with Crippen LogP contribution in [0.15, 0.2) is 18.3 Å². The van der Waals surface area contributed by atoms with Crippen molar-refractivity contribution in [1.82, 2.24) is 14.7 Å². The van der Waals surface area contributed by atoms with Crippen LogP contribution in [0, 0.1) is 13.8 Å². The molecule has 3 rings (SSSR count). The summed E-state index contributed by atoms with van der Waals surface area (Å²) in [5.41, 5.74) is 3.41. The van der Waals surface area contributed by atoms with Crippen LogP contribution in [0.3, 0.4) is 0 Å². The van der Waals surface area contributed by atoms with E-state index in [-0.39, 0.29) is 5.91 Å². The molecular weight excluding hydrogens is 226 g/mol. The van der Waals surface area contributed by atoms with E-state index in [4.69, 9.17) is 0 Å². The van der Waals surface area contributed by atoms with Crippen LogP contribution in [0.2, 0.25) is 0 Å². The van der Waals surface area contributed by atoms with Gasteiger partial charge >= 0.3 is 0 Å². The number of nitrogens with one attached hydrogen (secondary N) is 1. The minimum atomic E-state index is -0.00435. The molecule has 1 saturated carbocycles. The van der Waals surface area contributed by atoms with Crippen LogP contribution in [-0.2, 0) is 0 Å². The van der Waals surface area contributed by atoms with E-state index >= 15 is 0 Å². The van der Waals surface area contributed by atoms with Gasteiger partial charge in [0.05, 0.1) is 5.69 Å². The lowest BCUT2D eigenvalue weighted by molar-refractivity contribution is 0.0910. The number of fused-ring (bicyclic) bond motifs is 1. The number of hydrogen-bond donors (Lipinski definition) is 1. The van der Waals surface area contributed by atoms with Crippen LogP contribution in [0.5, 0.6) is 0 Å². The maximum Gasteiger partial charge on any atom is 0.270 e. The predicted molar refractivity (Wildman–Crippen MR) is 69.8 cm³/mol. The third-order valence-corrected chi connectivity index (χ3v) is 3.60. The Hall–Kier alpha value is -1.84. The average molecular weight is 243 g/mol. The zero-order chi connectivity index (χ0) is 12.7. The molecule has 2 heterocycles. The number of amides is 1. The molecule has 1 N–H and O–H groups in total. The lowest BCUT2D eigenvalue weighted by Gasteiger charge is -2.26. The number of aromatic nitrogens is 2. The van der Waals surface area contributed by atoms with Crippen LogP contribution in [0.25, 0.3) is 5.65 Å². The van der Waals surface area contributed by atoms with Gasteiger partial charge in [-0.3, -0.25) is 9.20 Å². The standard InChI is InChI=1S/C14H17N3O/c1-9-6-7-12-15-10(2)13(17(12)8-9)14(18)16-11-4-3-5-11/h6-8,11H,3-5H2,1-2H3,(H,16,18). The Kier molecular flexibility index (Phi) is 2.58. The molecule has 0 saturated heterocycles. The maximum atomic E-state index is 12.3. The highest BCUT2D eigenvalue weighted by atomic mass is 16.2. The fourth-order valence-electron chi connectivity index (χ4n) is 2.35. The molecule has 0 atom stereocenters. The van der Waals surface area contributed by atoms with Crippen molar-refractivity contribution in [3.05, 3.63) is 35.3 Å². The van der Waals surface area contributed by atoms with Crippen molar-refractivity contribution in [3.63, 3.8) is 0 Å². The highest BCUT2D eigenvalue weighted by Gasteiger charge is 2.23. The molecule has 0 unspecified atom stereocenters. The summed E-state index contributed by atoms with van der Waals surface area (Å²) in [7, 11) is 0. The van der Waals surface area contributed by atoms with Gasteiger partial charge in [0, 0.05) is 12.2 Å². The van der Waals surface area contributed by atoms with E-state index in [2.05, 4.69) is 10.3 Å². The maximum absolute atomic E-state index is 12.3. The first-order valence-corrected chi connectivity index (χ1v) is 6.41. The van der Waals surface area contributed by atoms with Gasteiger partial charge in [-0.2, -0.15) is 0 Å². The van der Waals surface area contributed by atoms with Crippen LogP contribution in [0.1, 0.15) is 41.0 Å². The van der Waals surface area contributed by atoms with Gasteiger partial charge in [0.1, 0.15) is 11.3 Å². The topological polar surface area (TPSA) is 46.4 Å². The minimum Gasteiger partial charge on any atom is -0.348 e. The number of rotatable bonds is 2. The first-order valence-electron chi connectivity index (χ1n) is 6.41. The molecule has 1 amide bonds. The van der Waals surface area contributed by atoms with E-state index in [1.165, 1.54) is 6.42 Å². The number of carbonyl (C=O) groups is 1. The van der Waals surface area contributed by atoms with Gasteiger partial charge in [0.25, 0.3) is 5.91 Å². The van der Waals surface area contributed by atoms with E-state index in [0.717, 1.165) is 29.7 Å². The monoisotopic (exact) mass is 243 g/mol. The normalized spacial score (nSPS) is 15.7. The van der Waals surface area contributed by atoms with E-state index in [0.29, 0.717) is 11.7 Å². The highest BCUT2D eigenvalue weighted by molar-refractivity contribution is 5.94. The molecule has 0 bridgehead atoms. The fourth-order valence-corrected chi connectivity index (χ4v) is 2.35. The van der Waals surface area contributed by atoms with Crippen molar-refractivity contribution in [2.75, 3.05) is 0 Å². The summed E-state index contributed by atoms with van der Waals surface area (Å²) < 4.78 is 1.89. The Balaban J connectivity index is 2.01. The number of pyridine rings is 1. The molecule has 1 fully saturated rings. The lowest BCUT2D eigenvalue weighted by atomic mass is 9.93. The lowest BCUT2D eigenvalue weighted by Crippen LogP contribution is -2.40. The van der Waals surface area contributed by atoms with Crippen LogP contribution in [-0.4, -0.2) is 21.3 Å². The molecule has 1 aliphatic carbocycles. The average Bonchev–Trinajstić information content (AvgIpc) is 2.59. The molecule has 94 valence electrons. The SMILES string of the molecule is Cc1ccc2nc(C)c(C(=O)NC3CCC3)n2c1. The fraction of sp³-hybridized carbons (Fsp3) is 0.429. The molecule has 18 heavy (non-hydrogen) atoms. The second-order valence-electron chi connectivity index (χ2n) is 5.08. The van der Waals surface area contributed by atoms with E-state index in [1.807, 2.05) is 36.6 Å². The number of imidazole rings is 1. The third kappa shape index (κ3) is 1.78. The Morgan fingerprint density at radius 3 is 2.83 bits per heavy atom. The van der Waals surface area contributed by atoms with Crippen LogP contribution < -0.4 is 5.32 Å².